The molecular weight excluding hydrogens is 339 g/mol. The van der Waals surface area contributed by atoms with Gasteiger partial charge in [-0.3, -0.25) is 0 Å². The van der Waals surface area contributed by atoms with Gasteiger partial charge in [-0.25, -0.2) is 9.97 Å². The van der Waals surface area contributed by atoms with Crippen molar-refractivity contribution in [3.05, 3.63) is 70.5 Å². The van der Waals surface area contributed by atoms with E-state index < -0.39 is 23.5 Å². The molecule has 0 spiro atoms. The van der Waals surface area contributed by atoms with Gasteiger partial charge in [0.15, 0.2) is 5.69 Å². The molecule has 1 heterocycles. The fourth-order valence-corrected chi connectivity index (χ4v) is 2.50. The first kappa shape index (κ1) is 16.2. The molecule has 0 amide bonds. The molecule has 1 atom stereocenters. The van der Waals surface area contributed by atoms with Crippen molar-refractivity contribution in [3.63, 3.8) is 0 Å². The summed E-state index contributed by atoms with van der Waals surface area (Å²) in [5, 5.41) is 9.87. The van der Waals surface area contributed by atoms with Crippen molar-refractivity contribution in [1.29, 1.82) is 5.26 Å². The van der Waals surface area contributed by atoms with Crippen molar-refractivity contribution in [2.75, 3.05) is 0 Å². The molecule has 0 bridgehead atoms. The molecule has 0 aliphatic rings. The Hall–Kier alpha value is -2.65. The van der Waals surface area contributed by atoms with Crippen molar-refractivity contribution in [1.82, 2.24) is 9.97 Å². The standard InChI is InChI=1S/C17H9ClF3N3/c18-11-7-5-10(6-8-11)12(9-22)15-16(17(19,20)21)24-14-4-2-1-3-13(14)23-15/h1-8,12H/t12-/m0/s1. The van der Waals surface area contributed by atoms with Gasteiger partial charge in [-0.2, -0.15) is 18.4 Å². The van der Waals surface area contributed by atoms with Gasteiger partial charge in [-0.1, -0.05) is 35.9 Å². The second-order valence-electron chi connectivity index (χ2n) is 5.06. The Balaban J connectivity index is 2.25. The third-order valence-electron chi connectivity index (χ3n) is 3.47. The first-order valence-electron chi connectivity index (χ1n) is 6.89. The van der Waals surface area contributed by atoms with Gasteiger partial charge in [0.25, 0.3) is 0 Å². The SMILES string of the molecule is N#C[C@@H](c1ccc(Cl)cc1)c1nc2ccccc2nc1C(F)(F)F. The molecule has 7 heteroatoms. The first-order chi connectivity index (χ1) is 11.4. The van der Waals surface area contributed by atoms with Crippen LogP contribution in [0.25, 0.3) is 11.0 Å². The average molecular weight is 348 g/mol. The number of hydrogen-bond acceptors (Lipinski definition) is 3. The summed E-state index contributed by atoms with van der Waals surface area (Å²) in [5.74, 6) is -1.20. The third kappa shape index (κ3) is 3.03. The normalized spacial score (nSPS) is 12.8. The molecule has 0 saturated carbocycles. The highest BCUT2D eigenvalue weighted by Gasteiger charge is 2.39. The fraction of sp³-hybridized carbons (Fsp3) is 0.118. The molecule has 0 N–H and O–H groups in total. The molecule has 3 aromatic rings. The Morgan fingerprint density at radius 2 is 1.54 bits per heavy atom. The smallest absolute Gasteiger partial charge is 0.247 e. The highest BCUT2D eigenvalue weighted by Crippen LogP contribution is 2.36. The maximum Gasteiger partial charge on any atom is 0.435 e. The van der Waals surface area contributed by atoms with Crippen LogP contribution in [0.4, 0.5) is 13.2 Å². The Bertz CT molecular complexity index is 930. The Morgan fingerprint density at radius 1 is 0.958 bits per heavy atom. The van der Waals surface area contributed by atoms with E-state index in [4.69, 9.17) is 11.6 Å². The van der Waals surface area contributed by atoms with E-state index in [9.17, 15) is 18.4 Å². The summed E-state index contributed by atoms with van der Waals surface area (Å²) in [5.41, 5.74) is -0.762. The van der Waals surface area contributed by atoms with Crippen LogP contribution < -0.4 is 0 Å². The summed E-state index contributed by atoms with van der Waals surface area (Å²) in [4.78, 5) is 7.77. The minimum Gasteiger partial charge on any atom is -0.247 e. The van der Waals surface area contributed by atoms with Gasteiger partial charge in [0, 0.05) is 5.02 Å². The van der Waals surface area contributed by atoms with Crippen LogP contribution >= 0.6 is 11.6 Å². The number of fused-ring (bicyclic) bond motifs is 1. The quantitative estimate of drug-likeness (QED) is 0.658. The Morgan fingerprint density at radius 3 is 2.08 bits per heavy atom. The second-order valence-corrected chi connectivity index (χ2v) is 5.49. The molecule has 24 heavy (non-hydrogen) atoms. The number of aromatic nitrogens is 2. The van der Waals surface area contributed by atoms with Crippen LogP contribution in [0.5, 0.6) is 0 Å². The summed E-state index contributed by atoms with van der Waals surface area (Å²) in [7, 11) is 0. The molecule has 0 aliphatic carbocycles. The topological polar surface area (TPSA) is 49.6 Å². The number of nitriles is 1. The molecule has 3 rings (SSSR count). The van der Waals surface area contributed by atoms with Crippen LogP contribution in [0, 0.1) is 11.3 Å². The molecular formula is C17H9ClF3N3. The lowest BCUT2D eigenvalue weighted by Crippen LogP contribution is -2.17. The zero-order chi connectivity index (χ0) is 17.3. The van der Waals surface area contributed by atoms with E-state index in [1.165, 1.54) is 30.3 Å². The Kier molecular flexibility index (Phi) is 4.12. The van der Waals surface area contributed by atoms with E-state index in [0.29, 0.717) is 16.1 Å². The maximum absolute atomic E-state index is 13.4. The van der Waals surface area contributed by atoms with Crippen molar-refractivity contribution < 1.29 is 13.2 Å². The number of benzene rings is 2. The largest absolute Gasteiger partial charge is 0.435 e. The number of para-hydroxylation sites is 2. The van der Waals surface area contributed by atoms with E-state index in [2.05, 4.69) is 9.97 Å². The van der Waals surface area contributed by atoms with Crippen LogP contribution in [0.15, 0.2) is 48.5 Å². The van der Waals surface area contributed by atoms with E-state index in [0.717, 1.165) is 0 Å². The van der Waals surface area contributed by atoms with Crippen LogP contribution in [0.1, 0.15) is 22.9 Å². The second kappa shape index (κ2) is 6.10. The molecule has 0 unspecified atom stereocenters. The lowest BCUT2D eigenvalue weighted by molar-refractivity contribution is -0.141. The van der Waals surface area contributed by atoms with Crippen molar-refractivity contribution >= 4 is 22.6 Å². The lowest BCUT2D eigenvalue weighted by atomic mass is 9.95. The molecule has 0 radical (unpaired) electrons. The van der Waals surface area contributed by atoms with Gasteiger partial charge >= 0.3 is 6.18 Å². The molecule has 120 valence electrons. The highest BCUT2D eigenvalue weighted by molar-refractivity contribution is 6.30. The minimum atomic E-state index is -4.71. The predicted octanol–water partition coefficient (Wildman–Crippen LogP) is 4.96. The number of rotatable bonds is 2. The van der Waals surface area contributed by atoms with E-state index in [1.54, 1.807) is 18.2 Å². The zero-order valence-electron chi connectivity index (χ0n) is 12.0. The fourth-order valence-electron chi connectivity index (χ4n) is 2.37. The predicted molar refractivity (Wildman–Crippen MR) is 83.4 cm³/mol. The molecule has 2 aromatic carbocycles. The zero-order valence-corrected chi connectivity index (χ0v) is 12.8. The summed E-state index contributed by atoms with van der Waals surface area (Å²) in [6.45, 7) is 0. The average Bonchev–Trinajstić information content (AvgIpc) is 2.55. The van der Waals surface area contributed by atoms with Crippen LogP contribution in [-0.2, 0) is 6.18 Å². The summed E-state index contributed by atoms with van der Waals surface area (Å²) >= 11 is 5.80. The Labute approximate surface area is 140 Å². The molecule has 0 saturated heterocycles. The van der Waals surface area contributed by atoms with Crippen molar-refractivity contribution in [2.45, 2.75) is 12.1 Å². The van der Waals surface area contributed by atoms with Crippen LogP contribution in [0.2, 0.25) is 5.02 Å². The van der Waals surface area contributed by atoms with E-state index in [-0.39, 0.29) is 5.52 Å². The highest BCUT2D eigenvalue weighted by atomic mass is 35.5. The number of hydrogen-bond donors (Lipinski definition) is 0. The van der Waals surface area contributed by atoms with E-state index in [1.807, 2.05) is 6.07 Å². The maximum atomic E-state index is 13.4. The number of nitrogens with zero attached hydrogens (tertiary/aromatic N) is 3. The van der Waals surface area contributed by atoms with Gasteiger partial charge in [0.05, 0.1) is 22.8 Å². The van der Waals surface area contributed by atoms with E-state index >= 15 is 0 Å². The van der Waals surface area contributed by atoms with Gasteiger partial charge < -0.3 is 0 Å². The molecule has 0 fully saturated rings. The minimum absolute atomic E-state index is 0.126. The lowest BCUT2D eigenvalue weighted by Gasteiger charge is -2.16. The van der Waals surface area contributed by atoms with Crippen molar-refractivity contribution in [3.8, 4) is 6.07 Å². The van der Waals surface area contributed by atoms with Crippen LogP contribution in [0.3, 0.4) is 0 Å². The molecule has 0 aliphatic heterocycles. The number of halogens is 4. The summed E-state index contributed by atoms with van der Waals surface area (Å²) < 4.78 is 40.3. The molecule has 1 aromatic heterocycles. The van der Waals surface area contributed by atoms with Gasteiger partial charge in [-0.05, 0) is 29.8 Å². The van der Waals surface area contributed by atoms with Gasteiger partial charge in [0.1, 0.15) is 5.92 Å². The summed E-state index contributed by atoms with van der Waals surface area (Å²) in [6.07, 6.45) is -4.71. The number of alkyl halides is 3. The van der Waals surface area contributed by atoms with Crippen molar-refractivity contribution in [2.24, 2.45) is 0 Å². The first-order valence-corrected chi connectivity index (χ1v) is 7.27. The third-order valence-corrected chi connectivity index (χ3v) is 3.72. The molecule has 3 nitrogen and oxygen atoms in total. The monoisotopic (exact) mass is 347 g/mol. The van der Waals surface area contributed by atoms with Crippen LogP contribution in [-0.4, -0.2) is 9.97 Å². The van der Waals surface area contributed by atoms with Gasteiger partial charge in [-0.15, -0.1) is 0 Å². The summed E-state index contributed by atoms with van der Waals surface area (Å²) in [6, 6.07) is 14.2. The van der Waals surface area contributed by atoms with Gasteiger partial charge in [0.2, 0.25) is 0 Å².